The summed E-state index contributed by atoms with van der Waals surface area (Å²) in [4.78, 5) is 23.9. The molecule has 1 aliphatic rings. The molecule has 0 amide bonds. The zero-order chi connectivity index (χ0) is 22.1. The molecule has 1 fully saturated rings. The van der Waals surface area contributed by atoms with Gasteiger partial charge in [0.2, 0.25) is 5.52 Å². The van der Waals surface area contributed by atoms with Crippen LogP contribution in [0.4, 0.5) is 28.4 Å². The molecule has 0 atom stereocenters. The van der Waals surface area contributed by atoms with Crippen molar-refractivity contribution in [3.63, 3.8) is 0 Å². The van der Waals surface area contributed by atoms with Crippen molar-refractivity contribution in [2.75, 3.05) is 43.6 Å². The van der Waals surface area contributed by atoms with Crippen LogP contribution in [0.15, 0.2) is 22.8 Å². The largest absolute Gasteiger partial charge is 0.490 e. The van der Waals surface area contributed by atoms with Gasteiger partial charge in [-0.2, -0.15) is 0 Å². The molecule has 13 nitrogen and oxygen atoms in total. The average Bonchev–Trinajstić information content (AvgIpc) is 3.24. The third-order valence-electron chi connectivity index (χ3n) is 5.02. The number of aryl methyl sites for hydroxylation is 1. The van der Waals surface area contributed by atoms with Gasteiger partial charge in [-0.05, 0) is 28.9 Å². The van der Waals surface area contributed by atoms with E-state index in [9.17, 15) is 20.2 Å². The number of rotatable bonds is 6. The number of aromatic nitrogens is 2. The highest BCUT2D eigenvalue weighted by atomic mass is 16.6. The third-order valence-corrected chi connectivity index (χ3v) is 5.02. The second-order valence-corrected chi connectivity index (χ2v) is 6.83. The topological polar surface area (TPSA) is 159 Å². The van der Waals surface area contributed by atoms with Gasteiger partial charge in [0.05, 0.1) is 35.9 Å². The lowest BCUT2D eigenvalue weighted by Crippen LogP contribution is -2.36. The molecule has 1 aliphatic heterocycles. The zero-order valence-electron chi connectivity index (χ0n) is 16.7. The molecule has 4 rings (SSSR count). The molecule has 162 valence electrons. The third kappa shape index (κ3) is 3.66. The minimum Gasteiger partial charge on any atom is -0.490 e. The summed E-state index contributed by atoms with van der Waals surface area (Å²) in [6.45, 7) is 3.52. The fraction of sp³-hybridized carbons (Fsp3) is 0.333. The number of anilines is 3. The average molecular weight is 430 g/mol. The molecule has 1 aromatic heterocycles. The van der Waals surface area contributed by atoms with Gasteiger partial charge in [0.15, 0.2) is 11.3 Å². The second kappa shape index (κ2) is 8.02. The first-order valence-corrected chi connectivity index (χ1v) is 9.27. The molecule has 2 heterocycles. The highest BCUT2D eigenvalue weighted by Gasteiger charge is 2.30. The highest BCUT2D eigenvalue weighted by Crippen LogP contribution is 2.41. The lowest BCUT2D eigenvalue weighted by molar-refractivity contribution is -0.385. The van der Waals surface area contributed by atoms with E-state index in [0.717, 1.165) is 0 Å². The van der Waals surface area contributed by atoms with E-state index in [2.05, 4.69) is 15.6 Å². The molecule has 13 heteroatoms. The standard InChI is InChI=1S/C18H18N6O7/c1-10-7-13(23(25)26)15(29-2)9-11(10)19-12-8-14(22-3-5-30-6-4-22)18(24(27)28)17-16(12)20-31-21-17/h7-9,19H,3-6H2,1-2H3. The maximum atomic E-state index is 11.8. The Morgan fingerprint density at radius 3 is 2.42 bits per heavy atom. The van der Waals surface area contributed by atoms with Crippen molar-refractivity contribution < 1.29 is 23.9 Å². The number of nitro benzene ring substituents is 2. The van der Waals surface area contributed by atoms with Gasteiger partial charge in [-0.15, -0.1) is 0 Å². The quantitative estimate of drug-likeness (QED) is 0.452. The van der Waals surface area contributed by atoms with Gasteiger partial charge < -0.3 is 19.7 Å². The normalized spacial score (nSPS) is 13.9. The molecular formula is C18H18N6O7. The van der Waals surface area contributed by atoms with E-state index >= 15 is 0 Å². The van der Waals surface area contributed by atoms with Crippen molar-refractivity contribution in [2.45, 2.75) is 6.92 Å². The second-order valence-electron chi connectivity index (χ2n) is 6.83. The summed E-state index contributed by atoms with van der Waals surface area (Å²) in [6.07, 6.45) is 0. The Morgan fingerprint density at radius 1 is 1.06 bits per heavy atom. The molecule has 0 radical (unpaired) electrons. The molecule has 1 saturated heterocycles. The van der Waals surface area contributed by atoms with Crippen LogP contribution in [0, 0.1) is 27.2 Å². The van der Waals surface area contributed by atoms with Crippen LogP contribution >= 0.6 is 0 Å². The van der Waals surface area contributed by atoms with E-state index < -0.39 is 9.85 Å². The van der Waals surface area contributed by atoms with Gasteiger partial charge in [0.25, 0.3) is 0 Å². The lowest BCUT2D eigenvalue weighted by Gasteiger charge is -2.28. The Hall–Kier alpha value is -4.00. The van der Waals surface area contributed by atoms with E-state index in [4.69, 9.17) is 14.1 Å². The fourth-order valence-electron chi connectivity index (χ4n) is 3.49. The predicted octanol–water partition coefficient (Wildman–Crippen LogP) is 2.94. The number of hydrogen-bond acceptors (Lipinski definition) is 11. The van der Waals surface area contributed by atoms with Crippen molar-refractivity contribution in [2.24, 2.45) is 0 Å². The molecule has 0 saturated carbocycles. The summed E-state index contributed by atoms with van der Waals surface area (Å²) >= 11 is 0. The highest BCUT2D eigenvalue weighted by molar-refractivity contribution is 6.01. The first-order chi connectivity index (χ1) is 14.9. The SMILES string of the molecule is COc1cc(Nc2cc(N3CCOCC3)c([N+](=O)[O-])c3nonc23)c(C)cc1[N+](=O)[O-]. The van der Waals surface area contributed by atoms with E-state index in [1.165, 1.54) is 19.2 Å². The Kier molecular flexibility index (Phi) is 5.25. The molecule has 0 bridgehead atoms. The van der Waals surface area contributed by atoms with Crippen LogP contribution < -0.4 is 15.0 Å². The van der Waals surface area contributed by atoms with E-state index in [1.807, 2.05) is 4.90 Å². The van der Waals surface area contributed by atoms with Crippen LogP contribution in [-0.4, -0.2) is 53.6 Å². The van der Waals surface area contributed by atoms with Gasteiger partial charge in [-0.1, -0.05) is 0 Å². The minimum absolute atomic E-state index is 0.00280. The summed E-state index contributed by atoms with van der Waals surface area (Å²) in [6, 6.07) is 4.47. The number of nitrogens with zero attached hydrogens (tertiary/aromatic N) is 5. The van der Waals surface area contributed by atoms with Crippen LogP contribution in [0.5, 0.6) is 5.75 Å². The first kappa shape index (κ1) is 20.3. The lowest BCUT2D eigenvalue weighted by atomic mass is 10.1. The van der Waals surface area contributed by atoms with Crippen LogP contribution in [0.3, 0.4) is 0 Å². The van der Waals surface area contributed by atoms with E-state index in [-0.39, 0.29) is 28.2 Å². The molecule has 0 spiro atoms. The summed E-state index contributed by atoms with van der Waals surface area (Å²) in [5, 5.41) is 33.8. The van der Waals surface area contributed by atoms with Crippen LogP contribution in [-0.2, 0) is 4.74 Å². The van der Waals surface area contributed by atoms with E-state index in [0.29, 0.717) is 48.9 Å². The summed E-state index contributed by atoms with van der Waals surface area (Å²) in [7, 11) is 1.34. The number of benzene rings is 2. The van der Waals surface area contributed by atoms with Gasteiger partial charge in [-0.25, -0.2) is 4.63 Å². The van der Waals surface area contributed by atoms with Crippen LogP contribution in [0.25, 0.3) is 11.0 Å². The monoisotopic (exact) mass is 430 g/mol. The number of fused-ring (bicyclic) bond motifs is 1. The summed E-state index contributed by atoms with van der Waals surface area (Å²) in [5.41, 5.74) is 1.63. The van der Waals surface area contributed by atoms with Crippen LogP contribution in [0.2, 0.25) is 0 Å². The van der Waals surface area contributed by atoms with Gasteiger partial charge in [-0.3, -0.25) is 20.2 Å². The number of nitro groups is 2. The molecule has 0 aliphatic carbocycles. The smallest absolute Gasteiger partial charge is 0.323 e. The first-order valence-electron chi connectivity index (χ1n) is 9.27. The van der Waals surface area contributed by atoms with Crippen molar-refractivity contribution >= 4 is 39.5 Å². The molecular weight excluding hydrogens is 412 g/mol. The minimum atomic E-state index is -0.530. The van der Waals surface area contributed by atoms with Crippen molar-refractivity contribution in [1.29, 1.82) is 0 Å². The maximum Gasteiger partial charge on any atom is 0.323 e. The van der Waals surface area contributed by atoms with Crippen molar-refractivity contribution in [1.82, 2.24) is 10.3 Å². The Morgan fingerprint density at radius 2 is 1.77 bits per heavy atom. The van der Waals surface area contributed by atoms with Gasteiger partial charge in [0, 0.05) is 30.9 Å². The maximum absolute atomic E-state index is 11.8. The fourth-order valence-corrected chi connectivity index (χ4v) is 3.49. The molecule has 1 N–H and O–H groups in total. The predicted molar refractivity (Wildman–Crippen MR) is 109 cm³/mol. The number of morpholine rings is 1. The summed E-state index contributed by atoms with van der Waals surface area (Å²) < 4.78 is 15.3. The van der Waals surface area contributed by atoms with Crippen LogP contribution in [0.1, 0.15) is 5.56 Å². The number of nitrogens with one attached hydrogen (secondary N) is 1. The Bertz CT molecular complexity index is 1170. The zero-order valence-corrected chi connectivity index (χ0v) is 16.7. The Labute approximate surface area is 174 Å². The van der Waals surface area contributed by atoms with Gasteiger partial charge >= 0.3 is 11.4 Å². The molecule has 2 aromatic carbocycles. The number of ether oxygens (including phenoxy) is 2. The molecule has 31 heavy (non-hydrogen) atoms. The molecule has 3 aromatic rings. The summed E-state index contributed by atoms with van der Waals surface area (Å²) in [5.74, 6) is 0.0722. The van der Waals surface area contributed by atoms with Crippen molar-refractivity contribution in [3.8, 4) is 5.75 Å². The molecule has 0 unspecified atom stereocenters. The van der Waals surface area contributed by atoms with Gasteiger partial charge in [0.1, 0.15) is 5.69 Å². The van der Waals surface area contributed by atoms with E-state index in [1.54, 1.807) is 13.0 Å². The number of methoxy groups -OCH3 is 1. The van der Waals surface area contributed by atoms with Crippen molar-refractivity contribution in [3.05, 3.63) is 44.0 Å². The Balaban J connectivity index is 1.85. The number of hydrogen-bond donors (Lipinski definition) is 1.